The summed E-state index contributed by atoms with van der Waals surface area (Å²) in [5.41, 5.74) is 1.80. The molecular formula is C18H23N3O3S. The van der Waals surface area contributed by atoms with Crippen molar-refractivity contribution < 1.29 is 15.0 Å². The summed E-state index contributed by atoms with van der Waals surface area (Å²) in [5, 5.41) is 25.9. The van der Waals surface area contributed by atoms with Crippen molar-refractivity contribution >= 4 is 17.4 Å². The van der Waals surface area contributed by atoms with E-state index in [-0.39, 0.29) is 18.3 Å². The third-order valence-electron chi connectivity index (χ3n) is 4.23. The lowest BCUT2D eigenvalue weighted by atomic mass is 10.0. The number of rotatable bonds is 6. The molecule has 0 fully saturated rings. The van der Waals surface area contributed by atoms with Crippen LogP contribution in [0.25, 0.3) is 0 Å². The van der Waals surface area contributed by atoms with Crippen LogP contribution >= 0.6 is 11.3 Å². The Balaban J connectivity index is 1.38. The number of phenolic OH excluding ortho intramolecular Hbond substituents is 1. The van der Waals surface area contributed by atoms with Gasteiger partial charge in [-0.1, -0.05) is 12.1 Å². The van der Waals surface area contributed by atoms with Gasteiger partial charge in [0.05, 0.1) is 16.8 Å². The zero-order valence-corrected chi connectivity index (χ0v) is 14.8. The van der Waals surface area contributed by atoms with Gasteiger partial charge < -0.3 is 20.8 Å². The fraction of sp³-hybridized carbons (Fsp3) is 0.444. The molecule has 7 heteroatoms. The Bertz CT molecular complexity index is 709. The molecule has 3 rings (SSSR count). The standard InChI is InChI=1S/C18H23N3O3S/c22-13-5-3-4-12(10-13)15(23)11-20-18(24)19-9-8-17-21-14-6-1-2-7-16(14)25-17/h3-5,10,15,22-23H,1-2,6-9,11H2,(H2,19,20,24). The highest BCUT2D eigenvalue weighted by Crippen LogP contribution is 2.26. The van der Waals surface area contributed by atoms with Crippen LogP contribution in [0.15, 0.2) is 24.3 Å². The number of fused-ring (bicyclic) bond motifs is 1. The highest BCUT2D eigenvalue weighted by atomic mass is 32.1. The summed E-state index contributed by atoms with van der Waals surface area (Å²) in [5.74, 6) is 0.0900. The molecule has 6 nitrogen and oxygen atoms in total. The first-order valence-corrected chi connectivity index (χ1v) is 9.39. The molecular weight excluding hydrogens is 338 g/mol. The van der Waals surface area contributed by atoms with Gasteiger partial charge in [-0.2, -0.15) is 0 Å². The van der Waals surface area contributed by atoms with Crippen LogP contribution in [0, 0.1) is 0 Å². The summed E-state index contributed by atoms with van der Waals surface area (Å²) in [6.45, 7) is 0.598. The number of aromatic hydroxyl groups is 1. The van der Waals surface area contributed by atoms with E-state index in [1.54, 1.807) is 23.5 Å². The number of aromatic nitrogens is 1. The molecule has 1 aromatic carbocycles. The molecule has 2 aromatic rings. The van der Waals surface area contributed by atoms with Crippen LogP contribution in [0.3, 0.4) is 0 Å². The second kappa shape index (κ2) is 8.31. The van der Waals surface area contributed by atoms with Gasteiger partial charge >= 0.3 is 6.03 Å². The number of amides is 2. The van der Waals surface area contributed by atoms with Crippen LogP contribution in [-0.4, -0.2) is 34.3 Å². The molecule has 4 N–H and O–H groups in total. The number of benzene rings is 1. The lowest BCUT2D eigenvalue weighted by molar-refractivity contribution is 0.173. The number of phenols is 1. The van der Waals surface area contributed by atoms with E-state index in [9.17, 15) is 15.0 Å². The number of urea groups is 1. The van der Waals surface area contributed by atoms with Crippen LogP contribution < -0.4 is 10.6 Å². The monoisotopic (exact) mass is 361 g/mol. The van der Waals surface area contributed by atoms with Gasteiger partial charge in [-0.3, -0.25) is 0 Å². The van der Waals surface area contributed by atoms with E-state index >= 15 is 0 Å². The number of thiazole rings is 1. The summed E-state index contributed by atoms with van der Waals surface area (Å²) in [6, 6.07) is 6.05. The van der Waals surface area contributed by atoms with Crippen molar-refractivity contribution in [3.63, 3.8) is 0 Å². The van der Waals surface area contributed by atoms with Crippen LogP contribution in [0.1, 0.15) is 40.1 Å². The van der Waals surface area contributed by atoms with Gasteiger partial charge in [0, 0.05) is 24.4 Å². The third kappa shape index (κ3) is 4.93. The summed E-state index contributed by atoms with van der Waals surface area (Å²) >= 11 is 1.76. The minimum Gasteiger partial charge on any atom is -0.508 e. The zero-order chi connectivity index (χ0) is 17.6. The predicted molar refractivity (Wildman–Crippen MR) is 96.9 cm³/mol. The molecule has 1 unspecified atom stereocenters. The maximum atomic E-state index is 11.8. The van der Waals surface area contributed by atoms with E-state index in [1.807, 2.05) is 0 Å². The molecule has 25 heavy (non-hydrogen) atoms. The first-order valence-electron chi connectivity index (χ1n) is 8.58. The molecule has 1 aliphatic carbocycles. The fourth-order valence-corrected chi connectivity index (χ4v) is 4.05. The van der Waals surface area contributed by atoms with Gasteiger partial charge in [-0.15, -0.1) is 11.3 Å². The summed E-state index contributed by atoms with van der Waals surface area (Å²) in [4.78, 5) is 17.9. The zero-order valence-electron chi connectivity index (χ0n) is 14.0. The Morgan fingerprint density at radius 1 is 1.28 bits per heavy atom. The summed E-state index contributed by atoms with van der Waals surface area (Å²) in [7, 11) is 0. The van der Waals surface area contributed by atoms with E-state index in [1.165, 1.54) is 35.5 Å². The van der Waals surface area contributed by atoms with Crippen molar-refractivity contribution in [3.05, 3.63) is 45.4 Å². The van der Waals surface area contributed by atoms with Crippen molar-refractivity contribution in [1.82, 2.24) is 15.6 Å². The summed E-state index contributed by atoms with van der Waals surface area (Å²) in [6.07, 6.45) is 4.54. The van der Waals surface area contributed by atoms with Gasteiger partial charge in [0.1, 0.15) is 5.75 Å². The number of hydrogen-bond donors (Lipinski definition) is 4. The molecule has 0 spiro atoms. The van der Waals surface area contributed by atoms with Crippen molar-refractivity contribution in [2.24, 2.45) is 0 Å². The Morgan fingerprint density at radius 3 is 2.92 bits per heavy atom. The number of carbonyl (C=O) groups excluding carboxylic acids is 1. The Kier molecular flexibility index (Phi) is 5.88. The number of aryl methyl sites for hydroxylation is 2. The van der Waals surface area contributed by atoms with Gasteiger partial charge in [0.2, 0.25) is 0 Å². The van der Waals surface area contributed by atoms with Crippen molar-refractivity contribution in [1.29, 1.82) is 0 Å². The molecule has 1 heterocycles. The van der Waals surface area contributed by atoms with Crippen LogP contribution in [0.2, 0.25) is 0 Å². The van der Waals surface area contributed by atoms with E-state index in [0.717, 1.165) is 24.3 Å². The quantitative estimate of drug-likeness (QED) is 0.635. The van der Waals surface area contributed by atoms with Gasteiger partial charge in [0.25, 0.3) is 0 Å². The number of aliphatic hydroxyl groups excluding tert-OH is 1. The van der Waals surface area contributed by atoms with Crippen LogP contribution in [0.5, 0.6) is 5.75 Å². The number of carbonyl (C=O) groups is 1. The van der Waals surface area contributed by atoms with E-state index in [0.29, 0.717) is 12.1 Å². The average molecular weight is 361 g/mol. The van der Waals surface area contributed by atoms with E-state index in [2.05, 4.69) is 15.6 Å². The molecule has 0 radical (unpaired) electrons. The fourth-order valence-electron chi connectivity index (χ4n) is 2.90. The highest BCUT2D eigenvalue weighted by Gasteiger charge is 2.15. The van der Waals surface area contributed by atoms with Crippen LogP contribution in [0.4, 0.5) is 4.79 Å². The largest absolute Gasteiger partial charge is 0.508 e. The maximum absolute atomic E-state index is 11.8. The molecule has 1 aliphatic rings. The minimum absolute atomic E-state index is 0.0842. The maximum Gasteiger partial charge on any atom is 0.314 e. The first kappa shape index (κ1) is 17.7. The Labute approximate surface area is 150 Å². The van der Waals surface area contributed by atoms with E-state index in [4.69, 9.17) is 0 Å². The molecule has 134 valence electrons. The smallest absolute Gasteiger partial charge is 0.314 e. The predicted octanol–water partition coefficient (Wildman–Crippen LogP) is 2.30. The number of nitrogens with zero attached hydrogens (tertiary/aromatic N) is 1. The van der Waals surface area contributed by atoms with Crippen molar-refractivity contribution in [2.75, 3.05) is 13.1 Å². The first-order chi connectivity index (χ1) is 12.1. The Morgan fingerprint density at radius 2 is 2.12 bits per heavy atom. The topological polar surface area (TPSA) is 94.5 Å². The summed E-state index contributed by atoms with van der Waals surface area (Å²) < 4.78 is 0. The Hall–Kier alpha value is -2.12. The number of aliphatic hydroxyl groups is 1. The minimum atomic E-state index is -0.858. The second-order valence-corrected chi connectivity index (χ2v) is 7.35. The molecule has 0 saturated heterocycles. The van der Waals surface area contributed by atoms with E-state index < -0.39 is 6.10 Å². The average Bonchev–Trinajstić information content (AvgIpc) is 3.02. The molecule has 1 atom stereocenters. The molecule has 0 saturated carbocycles. The SMILES string of the molecule is O=C(NCCc1nc2c(s1)CCCC2)NCC(O)c1cccc(O)c1. The number of nitrogens with one attached hydrogen (secondary N) is 2. The highest BCUT2D eigenvalue weighted by molar-refractivity contribution is 7.11. The number of hydrogen-bond acceptors (Lipinski definition) is 5. The lowest BCUT2D eigenvalue weighted by Gasteiger charge is -2.13. The third-order valence-corrected chi connectivity index (χ3v) is 5.44. The van der Waals surface area contributed by atoms with Gasteiger partial charge in [0.15, 0.2) is 0 Å². The molecule has 0 bridgehead atoms. The molecule has 1 aromatic heterocycles. The van der Waals surface area contributed by atoms with Gasteiger partial charge in [-0.25, -0.2) is 9.78 Å². The van der Waals surface area contributed by atoms with Crippen molar-refractivity contribution in [2.45, 2.75) is 38.2 Å². The normalized spacial score (nSPS) is 14.6. The molecule has 0 aliphatic heterocycles. The van der Waals surface area contributed by atoms with Crippen LogP contribution in [-0.2, 0) is 19.3 Å². The van der Waals surface area contributed by atoms with Gasteiger partial charge in [-0.05, 0) is 43.4 Å². The van der Waals surface area contributed by atoms with Crippen molar-refractivity contribution in [3.8, 4) is 5.75 Å². The lowest BCUT2D eigenvalue weighted by Crippen LogP contribution is -2.38. The molecule has 2 amide bonds. The second-order valence-electron chi connectivity index (χ2n) is 6.18.